The zero-order chi connectivity index (χ0) is 26.7. The normalized spacial score (nSPS) is 18.8. The quantitative estimate of drug-likeness (QED) is 0.362. The lowest BCUT2D eigenvalue weighted by atomic mass is 9.86. The molecule has 0 aliphatic carbocycles. The number of fused-ring (bicyclic) bond motifs is 3. The van der Waals surface area contributed by atoms with Gasteiger partial charge in [-0.15, -0.1) is 0 Å². The molecule has 0 bridgehead atoms. The van der Waals surface area contributed by atoms with Gasteiger partial charge in [-0.1, -0.05) is 25.1 Å². The number of hydrogen-bond donors (Lipinski definition) is 2. The van der Waals surface area contributed by atoms with Crippen molar-refractivity contribution in [1.82, 2.24) is 14.8 Å². The number of likely N-dealkylation sites (N-methyl/N-ethyl adjacent to an activating group) is 1. The third kappa shape index (κ3) is 5.65. The Kier molecular flexibility index (Phi) is 8.49. The van der Waals surface area contributed by atoms with E-state index < -0.39 is 17.9 Å². The zero-order valence-electron chi connectivity index (χ0n) is 22.1. The lowest BCUT2D eigenvalue weighted by Gasteiger charge is -2.42. The molecule has 0 unspecified atom stereocenters. The average Bonchev–Trinajstić information content (AvgIpc) is 3.23. The Morgan fingerprint density at radius 1 is 1.27 bits per heavy atom. The smallest absolute Gasteiger partial charge is 0.307 e. The van der Waals surface area contributed by atoms with Crippen molar-refractivity contribution in [1.29, 1.82) is 0 Å². The number of carboxylic acids is 1. The Morgan fingerprint density at radius 3 is 2.76 bits per heavy atom. The SMILES string of the molecule is Cc1c(OCCN(C)CCCF)ccc(F)c1[C@@H]1c2[nH]c3ccccc3c2C[C@H](C)N1C[C@@H](C)C(=O)O. The molecule has 2 heterocycles. The van der Waals surface area contributed by atoms with Gasteiger partial charge in [0.15, 0.2) is 0 Å². The van der Waals surface area contributed by atoms with E-state index in [9.17, 15) is 14.3 Å². The first-order valence-corrected chi connectivity index (χ1v) is 13.0. The van der Waals surface area contributed by atoms with E-state index in [2.05, 4.69) is 22.9 Å². The van der Waals surface area contributed by atoms with Crippen LogP contribution in [0.3, 0.4) is 0 Å². The van der Waals surface area contributed by atoms with Crippen LogP contribution in [0.4, 0.5) is 8.78 Å². The number of halogens is 2. The maximum Gasteiger partial charge on any atom is 0.307 e. The van der Waals surface area contributed by atoms with Crippen LogP contribution in [-0.2, 0) is 11.2 Å². The zero-order valence-corrected chi connectivity index (χ0v) is 22.1. The maximum absolute atomic E-state index is 15.7. The van der Waals surface area contributed by atoms with Gasteiger partial charge in [-0.3, -0.25) is 14.1 Å². The number of carbonyl (C=O) groups is 1. The molecule has 6 nitrogen and oxygen atoms in total. The lowest BCUT2D eigenvalue weighted by Crippen LogP contribution is -2.46. The number of benzene rings is 2. The van der Waals surface area contributed by atoms with E-state index in [1.807, 2.05) is 37.1 Å². The Bertz CT molecular complexity index is 1240. The number of carboxylic acid groups (broad SMARTS) is 1. The van der Waals surface area contributed by atoms with Crippen LogP contribution < -0.4 is 4.74 Å². The summed E-state index contributed by atoms with van der Waals surface area (Å²) in [5.41, 5.74) is 4.23. The summed E-state index contributed by atoms with van der Waals surface area (Å²) in [6, 6.07) is 10.7. The second-order valence-corrected chi connectivity index (χ2v) is 10.2. The molecule has 2 N–H and O–H groups in total. The first-order valence-electron chi connectivity index (χ1n) is 13.0. The van der Waals surface area contributed by atoms with Gasteiger partial charge in [-0.2, -0.15) is 0 Å². The van der Waals surface area contributed by atoms with E-state index in [0.29, 0.717) is 49.5 Å². The van der Waals surface area contributed by atoms with Gasteiger partial charge in [0, 0.05) is 47.8 Å². The minimum absolute atomic E-state index is 0.00559. The highest BCUT2D eigenvalue weighted by molar-refractivity contribution is 5.85. The van der Waals surface area contributed by atoms with Gasteiger partial charge in [-0.25, -0.2) is 4.39 Å². The molecule has 0 radical (unpaired) electrons. The number of hydrogen-bond acceptors (Lipinski definition) is 4. The molecule has 1 aliphatic rings. The van der Waals surface area contributed by atoms with Gasteiger partial charge in [0.2, 0.25) is 0 Å². The average molecular weight is 514 g/mol. The van der Waals surface area contributed by atoms with Crippen LogP contribution >= 0.6 is 0 Å². The van der Waals surface area contributed by atoms with Crippen LogP contribution in [0.25, 0.3) is 10.9 Å². The second kappa shape index (κ2) is 11.6. The number of rotatable bonds is 11. The van der Waals surface area contributed by atoms with Crippen LogP contribution in [-0.4, -0.2) is 71.9 Å². The van der Waals surface area contributed by atoms with Gasteiger partial charge < -0.3 is 19.7 Å². The van der Waals surface area contributed by atoms with Crippen molar-refractivity contribution >= 4 is 16.9 Å². The number of para-hydroxylation sites is 1. The van der Waals surface area contributed by atoms with E-state index in [1.54, 1.807) is 13.0 Å². The van der Waals surface area contributed by atoms with Crippen LogP contribution in [0.2, 0.25) is 0 Å². The molecule has 200 valence electrons. The summed E-state index contributed by atoms with van der Waals surface area (Å²) in [4.78, 5) is 19.4. The van der Waals surface area contributed by atoms with Crippen LogP contribution in [0.1, 0.15) is 48.7 Å². The Morgan fingerprint density at radius 2 is 2.03 bits per heavy atom. The number of H-pyrrole nitrogens is 1. The summed E-state index contributed by atoms with van der Waals surface area (Å²) in [6.45, 7) is 7.24. The van der Waals surface area contributed by atoms with E-state index in [0.717, 1.165) is 28.6 Å². The highest BCUT2D eigenvalue weighted by atomic mass is 19.1. The topological polar surface area (TPSA) is 68.8 Å². The molecule has 0 saturated heterocycles. The first-order chi connectivity index (χ1) is 17.7. The maximum atomic E-state index is 15.7. The van der Waals surface area contributed by atoms with Crippen molar-refractivity contribution < 1.29 is 23.4 Å². The summed E-state index contributed by atoms with van der Waals surface area (Å²) >= 11 is 0. The van der Waals surface area contributed by atoms with Gasteiger partial charge in [0.25, 0.3) is 0 Å². The third-order valence-corrected chi connectivity index (χ3v) is 7.51. The van der Waals surface area contributed by atoms with Crippen molar-refractivity contribution in [2.75, 3.05) is 40.0 Å². The van der Waals surface area contributed by atoms with Crippen LogP contribution in [0, 0.1) is 18.7 Å². The van der Waals surface area contributed by atoms with Crippen molar-refractivity contribution in [3.05, 3.63) is 64.6 Å². The molecule has 3 aromatic rings. The molecule has 1 aromatic heterocycles. The molecule has 2 aromatic carbocycles. The molecule has 0 spiro atoms. The van der Waals surface area contributed by atoms with E-state index in [4.69, 9.17) is 4.74 Å². The number of aromatic nitrogens is 1. The molecule has 0 fully saturated rings. The molecule has 0 saturated carbocycles. The number of aromatic amines is 1. The largest absolute Gasteiger partial charge is 0.492 e. The summed E-state index contributed by atoms with van der Waals surface area (Å²) in [6.07, 6.45) is 1.22. The lowest BCUT2D eigenvalue weighted by molar-refractivity contribution is -0.142. The number of nitrogens with zero attached hydrogens (tertiary/aromatic N) is 2. The van der Waals surface area contributed by atoms with E-state index >= 15 is 4.39 Å². The van der Waals surface area contributed by atoms with Crippen molar-refractivity contribution in [3.63, 3.8) is 0 Å². The highest BCUT2D eigenvalue weighted by Crippen LogP contribution is 2.44. The highest BCUT2D eigenvalue weighted by Gasteiger charge is 2.39. The van der Waals surface area contributed by atoms with Crippen molar-refractivity contribution in [2.24, 2.45) is 5.92 Å². The van der Waals surface area contributed by atoms with Gasteiger partial charge >= 0.3 is 5.97 Å². The number of ether oxygens (including phenoxy) is 1. The van der Waals surface area contributed by atoms with Crippen molar-refractivity contribution in [3.8, 4) is 5.75 Å². The van der Waals surface area contributed by atoms with E-state index in [1.165, 1.54) is 6.07 Å². The minimum atomic E-state index is -0.875. The molecule has 3 atom stereocenters. The number of aliphatic carboxylic acids is 1. The predicted molar refractivity (Wildman–Crippen MR) is 142 cm³/mol. The molecule has 0 amide bonds. The fourth-order valence-electron chi connectivity index (χ4n) is 5.42. The Balaban J connectivity index is 1.74. The third-order valence-electron chi connectivity index (χ3n) is 7.51. The van der Waals surface area contributed by atoms with Gasteiger partial charge in [-0.05, 0) is 63.1 Å². The Labute approximate surface area is 217 Å². The second-order valence-electron chi connectivity index (χ2n) is 10.2. The minimum Gasteiger partial charge on any atom is -0.492 e. The molecular weight excluding hydrogens is 476 g/mol. The molecule has 1 aliphatic heterocycles. The monoisotopic (exact) mass is 513 g/mol. The molecule has 37 heavy (non-hydrogen) atoms. The van der Waals surface area contributed by atoms with Gasteiger partial charge in [0.05, 0.1) is 18.6 Å². The number of alkyl halides is 1. The van der Waals surface area contributed by atoms with Crippen molar-refractivity contribution in [2.45, 2.75) is 45.7 Å². The standard InChI is InChI=1S/C29H37F2N3O3/c1-18(29(35)36)17-34-19(2)16-22-21-8-5-6-9-24(21)32-27(22)28(34)26-20(3)25(11-10-23(26)31)37-15-14-33(4)13-7-12-30/h5-6,8-11,18-19,28,32H,7,12-17H2,1-4H3,(H,35,36)/t18-,19+,28-/m1/s1. The van der Waals surface area contributed by atoms with E-state index in [-0.39, 0.29) is 18.5 Å². The first kappa shape index (κ1) is 27.1. The fourth-order valence-corrected chi connectivity index (χ4v) is 5.42. The fraction of sp³-hybridized carbons (Fsp3) is 0.483. The molecule has 4 rings (SSSR count). The summed E-state index contributed by atoms with van der Waals surface area (Å²) in [5, 5.41) is 10.8. The summed E-state index contributed by atoms with van der Waals surface area (Å²) < 4.78 is 34.2. The Hall–Kier alpha value is -2.97. The predicted octanol–water partition coefficient (Wildman–Crippen LogP) is 5.34. The van der Waals surface area contributed by atoms with Crippen LogP contribution in [0.5, 0.6) is 5.75 Å². The number of nitrogens with one attached hydrogen (secondary N) is 1. The summed E-state index contributed by atoms with van der Waals surface area (Å²) in [5.74, 6) is -1.24. The van der Waals surface area contributed by atoms with Gasteiger partial charge in [0.1, 0.15) is 18.2 Å². The van der Waals surface area contributed by atoms with Crippen LogP contribution in [0.15, 0.2) is 36.4 Å². The molecule has 8 heteroatoms. The molecular formula is C29H37F2N3O3. The summed E-state index contributed by atoms with van der Waals surface area (Å²) in [7, 11) is 1.92.